The van der Waals surface area contributed by atoms with Crippen LogP contribution in [0.4, 0.5) is 17.1 Å². The van der Waals surface area contributed by atoms with E-state index in [2.05, 4.69) is 61.7 Å². The summed E-state index contributed by atoms with van der Waals surface area (Å²) in [6.45, 7) is 8.69. The molecule has 0 aromatic heterocycles. The van der Waals surface area contributed by atoms with Crippen molar-refractivity contribution in [3.05, 3.63) is 81.4 Å². The van der Waals surface area contributed by atoms with Crippen molar-refractivity contribution in [2.24, 2.45) is 5.92 Å². The molecule has 0 bridgehead atoms. The number of nitrogens with zero attached hydrogens (tertiary/aromatic N) is 1. The van der Waals surface area contributed by atoms with Gasteiger partial charge >= 0.3 is 0 Å². The number of hydrogen-bond acceptors (Lipinski definition) is 3. The Morgan fingerprint density at radius 2 is 1.64 bits per heavy atom. The number of carbonyl (C=O) groups excluding carboxylic acids is 1. The number of rotatable bonds is 12. The average molecular weight is 599 g/mol. The Hall–Kier alpha value is -2.54. The van der Waals surface area contributed by atoms with E-state index in [-0.39, 0.29) is 11.9 Å². The van der Waals surface area contributed by atoms with Gasteiger partial charge in [-0.2, -0.15) is 0 Å². The Kier molecular flexibility index (Phi) is 10.7. The van der Waals surface area contributed by atoms with Crippen LogP contribution in [0.1, 0.15) is 64.5 Å². The van der Waals surface area contributed by atoms with Gasteiger partial charge in [0.25, 0.3) is 0 Å². The molecule has 0 radical (unpaired) electrons. The Bertz CT molecular complexity index is 1110. The quantitative estimate of drug-likeness (QED) is 0.206. The van der Waals surface area contributed by atoms with Gasteiger partial charge in [-0.1, -0.05) is 51.5 Å². The number of para-hydroxylation sites is 1. The zero-order chi connectivity index (χ0) is 26.1. The molecular weight excluding hydrogens is 559 g/mol. The second kappa shape index (κ2) is 13.7. The number of amides is 1. The van der Waals surface area contributed by atoms with Crippen LogP contribution in [0.5, 0.6) is 5.75 Å². The van der Waals surface area contributed by atoms with Gasteiger partial charge in [0.1, 0.15) is 5.75 Å². The van der Waals surface area contributed by atoms with Gasteiger partial charge in [-0.15, -0.1) is 0 Å². The van der Waals surface area contributed by atoms with E-state index in [1.807, 2.05) is 65.6 Å². The molecule has 3 aromatic rings. The van der Waals surface area contributed by atoms with E-state index in [1.165, 1.54) is 0 Å². The molecule has 192 valence electrons. The fourth-order valence-corrected chi connectivity index (χ4v) is 5.36. The highest BCUT2D eigenvalue weighted by molar-refractivity contribution is 14.1. The van der Waals surface area contributed by atoms with Gasteiger partial charge in [0.2, 0.25) is 5.91 Å². The van der Waals surface area contributed by atoms with Gasteiger partial charge < -0.3 is 15.3 Å². The summed E-state index contributed by atoms with van der Waals surface area (Å²) in [6, 6.07) is 22.4. The SMILES string of the molecule is CCCCc1cc(CCC(=O)N(c2ccc(Nc3ccccc3)cc2)C(C)CC(C)C)cc(I)c1O. The number of phenolic OH excluding ortho intramolecular Hbond substituents is 1. The van der Waals surface area contributed by atoms with E-state index in [0.717, 1.165) is 57.4 Å². The van der Waals surface area contributed by atoms with E-state index in [4.69, 9.17) is 0 Å². The molecule has 3 aromatic carbocycles. The van der Waals surface area contributed by atoms with E-state index in [1.54, 1.807) is 0 Å². The van der Waals surface area contributed by atoms with Crippen molar-refractivity contribution in [3.8, 4) is 5.75 Å². The minimum Gasteiger partial charge on any atom is -0.507 e. The number of nitrogens with one attached hydrogen (secondary N) is 1. The van der Waals surface area contributed by atoms with Gasteiger partial charge in [0.15, 0.2) is 0 Å². The first-order valence-corrected chi connectivity index (χ1v) is 14.1. The van der Waals surface area contributed by atoms with Gasteiger partial charge in [0.05, 0.1) is 3.57 Å². The normalized spacial score (nSPS) is 11.9. The number of anilines is 3. The lowest BCUT2D eigenvalue weighted by Crippen LogP contribution is -2.39. The molecule has 0 fully saturated rings. The van der Waals surface area contributed by atoms with Crippen molar-refractivity contribution in [1.29, 1.82) is 0 Å². The minimum atomic E-state index is 0.102. The highest BCUT2D eigenvalue weighted by Crippen LogP contribution is 2.29. The first-order valence-electron chi connectivity index (χ1n) is 13.0. The molecule has 36 heavy (non-hydrogen) atoms. The van der Waals surface area contributed by atoms with Crippen molar-refractivity contribution in [2.45, 2.75) is 72.3 Å². The second-order valence-corrected chi connectivity index (χ2v) is 11.1. The lowest BCUT2D eigenvalue weighted by Gasteiger charge is -2.31. The Labute approximate surface area is 230 Å². The summed E-state index contributed by atoms with van der Waals surface area (Å²) in [6.07, 6.45) is 5.02. The Morgan fingerprint density at radius 3 is 2.28 bits per heavy atom. The first kappa shape index (κ1) is 28.0. The van der Waals surface area contributed by atoms with Crippen molar-refractivity contribution in [3.63, 3.8) is 0 Å². The molecule has 1 amide bonds. The van der Waals surface area contributed by atoms with Crippen molar-refractivity contribution in [1.82, 2.24) is 0 Å². The maximum absolute atomic E-state index is 13.6. The summed E-state index contributed by atoms with van der Waals surface area (Å²) >= 11 is 2.19. The molecule has 0 spiro atoms. The molecule has 0 saturated carbocycles. The molecule has 5 heteroatoms. The zero-order valence-electron chi connectivity index (χ0n) is 21.9. The predicted molar refractivity (Wildman–Crippen MR) is 160 cm³/mol. The smallest absolute Gasteiger partial charge is 0.227 e. The van der Waals surface area contributed by atoms with E-state index < -0.39 is 0 Å². The van der Waals surface area contributed by atoms with Crippen LogP contribution in [-0.4, -0.2) is 17.1 Å². The van der Waals surface area contributed by atoms with Crippen LogP contribution in [-0.2, 0) is 17.6 Å². The van der Waals surface area contributed by atoms with Crippen molar-refractivity contribution in [2.75, 3.05) is 10.2 Å². The summed E-state index contributed by atoms with van der Waals surface area (Å²) < 4.78 is 0.857. The molecule has 3 rings (SSSR count). The third kappa shape index (κ3) is 7.99. The number of hydrogen-bond donors (Lipinski definition) is 2. The molecule has 0 heterocycles. The largest absolute Gasteiger partial charge is 0.507 e. The van der Waals surface area contributed by atoms with Crippen LogP contribution in [0.3, 0.4) is 0 Å². The molecule has 2 N–H and O–H groups in total. The lowest BCUT2D eigenvalue weighted by molar-refractivity contribution is -0.119. The summed E-state index contributed by atoms with van der Waals surface area (Å²) in [5.41, 5.74) is 5.05. The molecule has 0 aliphatic carbocycles. The monoisotopic (exact) mass is 598 g/mol. The van der Waals surface area contributed by atoms with Crippen LogP contribution in [0.25, 0.3) is 0 Å². The number of halogens is 1. The van der Waals surface area contributed by atoms with E-state index in [9.17, 15) is 9.90 Å². The molecule has 4 nitrogen and oxygen atoms in total. The van der Waals surface area contributed by atoms with E-state index in [0.29, 0.717) is 24.5 Å². The predicted octanol–water partition coefficient (Wildman–Crippen LogP) is 8.48. The maximum atomic E-state index is 13.6. The number of unbranched alkanes of at least 4 members (excludes halogenated alkanes) is 1. The summed E-state index contributed by atoms with van der Waals surface area (Å²) in [7, 11) is 0. The first-order chi connectivity index (χ1) is 17.3. The third-order valence-electron chi connectivity index (χ3n) is 6.36. The fourth-order valence-electron chi connectivity index (χ4n) is 4.62. The number of phenols is 1. The summed E-state index contributed by atoms with van der Waals surface area (Å²) in [4.78, 5) is 15.6. The average Bonchev–Trinajstić information content (AvgIpc) is 2.85. The molecule has 1 atom stereocenters. The van der Waals surface area contributed by atoms with Crippen LogP contribution in [0, 0.1) is 9.49 Å². The van der Waals surface area contributed by atoms with E-state index >= 15 is 0 Å². The summed E-state index contributed by atoms with van der Waals surface area (Å²) in [5.74, 6) is 1.01. The number of aryl methyl sites for hydroxylation is 2. The third-order valence-corrected chi connectivity index (χ3v) is 7.18. The lowest BCUT2D eigenvalue weighted by atomic mass is 10.00. The number of benzene rings is 3. The van der Waals surface area contributed by atoms with Crippen LogP contribution in [0.15, 0.2) is 66.7 Å². The fraction of sp³-hybridized carbons (Fsp3) is 0.387. The van der Waals surface area contributed by atoms with Gasteiger partial charge in [-0.05, 0) is 115 Å². The minimum absolute atomic E-state index is 0.102. The number of aromatic hydroxyl groups is 1. The Morgan fingerprint density at radius 1 is 0.972 bits per heavy atom. The highest BCUT2D eigenvalue weighted by Gasteiger charge is 2.23. The maximum Gasteiger partial charge on any atom is 0.227 e. The van der Waals surface area contributed by atoms with Crippen molar-refractivity contribution < 1.29 is 9.90 Å². The summed E-state index contributed by atoms with van der Waals surface area (Å²) in [5, 5.41) is 13.9. The zero-order valence-corrected chi connectivity index (χ0v) is 24.1. The Balaban J connectivity index is 1.76. The molecule has 0 saturated heterocycles. The van der Waals surface area contributed by atoms with Gasteiger partial charge in [-0.25, -0.2) is 0 Å². The molecule has 0 aliphatic rings. The molecule has 1 unspecified atom stereocenters. The van der Waals surface area contributed by atoms with Crippen LogP contribution >= 0.6 is 22.6 Å². The number of carbonyl (C=O) groups is 1. The van der Waals surface area contributed by atoms with Gasteiger partial charge in [-0.3, -0.25) is 4.79 Å². The van der Waals surface area contributed by atoms with Crippen molar-refractivity contribution >= 4 is 45.6 Å². The molecular formula is C31H39IN2O2. The second-order valence-electron chi connectivity index (χ2n) is 9.97. The van der Waals surface area contributed by atoms with Crippen LogP contribution < -0.4 is 10.2 Å². The highest BCUT2D eigenvalue weighted by atomic mass is 127. The van der Waals surface area contributed by atoms with Crippen LogP contribution in [0.2, 0.25) is 0 Å². The van der Waals surface area contributed by atoms with Gasteiger partial charge in [0, 0.05) is 29.5 Å². The molecule has 0 aliphatic heterocycles. The topological polar surface area (TPSA) is 52.6 Å². The standard InChI is InChI=1S/C31H39IN2O2/c1-5-6-10-25-20-24(21-29(32)31(25)36)13-18-30(35)34(23(4)19-22(2)3)28-16-14-27(15-17-28)33-26-11-8-7-9-12-26/h7-9,11-12,14-17,20-23,33,36H,5-6,10,13,18-19H2,1-4H3.